The minimum atomic E-state index is -0.908. The van der Waals surface area contributed by atoms with Crippen LogP contribution in [-0.4, -0.2) is 48.4 Å². The molecule has 2 atom stereocenters. The van der Waals surface area contributed by atoms with Gasteiger partial charge in [0.05, 0.1) is 0 Å². The number of urea groups is 1. The first-order valence-electron chi connectivity index (χ1n) is 12.5. The summed E-state index contributed by atoms with van der Waals surface area (Å²) in [5, 5.41) is 2.60. The van der Waals surface area contributed by atoms with E-state index in [1.165, 1.54) is 29.0 Å². The largest absolute Gasteiger partial charge is 0.341 e. The van der Waals surface area contributed by atoms with E-state index in [2.05, 4.69) is 5.32 Å². The molecule has 0 spiro atoms. The number of hydrogen-bond donors (Lipinski definition) is 1. The summed E-state index contributed by atoms with van der Waals surface area (Å²) in [6.07, 6.45) is 6.32. The van der Waals surface area contributed by atoms with Gasteiger partial charge in [0.25, 0.3) is 11.8 Å². The summed E-state index contributed by atoms with van der Waals surface area (Å²) in [7, 11) is 1.53. The fourth-order valence-corrected chi connectivity index (χ4v) is 5.89. The number of rotatable bonds is 4. The fraction of sp³-hybridized carbons (Fsp3) is 0.444. The number of anilines is 2. The van der Waals surface area contributed by atoms with Crippen LogP contribution in [0.25, 0.3) is 0 Å². The van der Waals surface area contributed by atoms with Crippen molar-refractivity contribution in [2.75, 3.05) is 23.4 Å². The van der Waals surface area contributed by atoms with E-state index in [9.17, 15) is 18.8 Å². The van der Waals surface area contributed by atoms with Crippen LogP contribution in [0.3, 0.4) is 0 Å². The van der Waals surface area contributed by atoms with Crippen molar-refractivity contribution in [1.82, 2.24) is 10.2 Å². The number of halogens is 1. The van der Waals surface area contributed by atoms with E-state index in [0.29, 0.717) is 25.1 Å². The highest BCUT2D eigenvalue weighted by Crippen LogP contribution is 2.44. The van der Waals surface area contributed by atoms with Crippen molar-refractivity contribution in [3.8, 4) is 0 Å². The highest BCUT2D eigenvalue weighted by molar-refractivity contribution is 6.13. The molecule has 4 amide bonds. The lowest BCUT2D eigenvalue weighted by atomic mass is 9.94. The van der Waals surface area contributed by atoms with Gasteiger partial charge >= 0.3 is 6.03 Å². The molecule has 1 aliphatic carbocycles. The first-order valence-corrected chi connectivity index (χ1v) is 12.5. The second-order valence-electron chi connectivity index (χ2n) is 9.56. The van der Waals surface area contributed by atoms with Gasteiger partial charge in [0.2, 0.25) is 0 Å². The van der Waals surface area contributed by atoms with Crippen molar-refractivity contribution in [3.05, 3.63) is 59.9 Å². The van der Waals surface area contributed by atoms with Gasteiger partial charge in [-0.15, -0.1) is 0 Å². The van der Waals surface area contributed by atoms with Gasteiger partial charge in [0.1, 0.15) is 17.9 Å². The van der Waals surface area contributed by atoms with Crippen LogP contribution in [-0.2, 0) is 9.59 Å². The maximum absolute atomic E-state index is 14.4. The van der Waals surface area contributed by atoms with Crippen molar-refractivity contribution >= 4 is 29.2 Å². The summed E-state index contributed by atoms with van der Waals surface area (Å²) in [4.78, 5) is 45.5. The van der Waals surface area contributed by atoms with E-state index >= 15 is 0 Å². The molecule has 8 heteroatoms. The lowest BCUT2D eigenvalue weighted by Crippen LogP contribution is -2.53. The van der Waals surface area contributed by atoms with Crippen LogP contribution in [0.15, 0.2) is 48.5 Å². The quantitative estimate of drug-likeness (QED) is 0.709. The molecule has 35 heavy (non-hydrogen) atoms. The molecule has 0 bridgehead atoms. The van der Waals surface area contributed by atoms with Crippen molar-refractivity contribution in [2.45, 2.75) is 63.1 Å². The Hall–Kier alpha value is -3.42. The van der Waals surface area contributed by atoms with Gasteiger partial charge in [-0.05, 0) is 49.9 Å². The van der Waals surface area contributed by atoms with Crippen molar-refractivity contribution in [2.24, 2.45) is 0 Å². The number of hydrogen-bond acceptors (Lipinski definition) is 3. The summed E-state index contributed by atoms with van der Waals surface area (Å²) in [5.41, 5.74) is 1.88. The summed E-state index contributed by atoms with van der Waals surface area (Å²) in [6, 6.07) is 11.5. The van der Waals surface area contributed by atoms with E-state index in [-0.39, 0.29) is 23.9 Å². The Kier molecular flexibility index (Phi) is 6.45. The number of carbonyl (C=O) groups excluding carboxylic acids is 3. The average Bonchev–Trinajstić information content (AvgIpc) is 3.48. The maximum Gasteiger partial charge on any atom is 0.317 e. The third kappa shape index (κ3) is 4.15. The molecule has 2 aromatic carbocycles. The van der Waals surface area contributed by atoms with Crippen molar-refractivity contribution < 1.29 is 18.8 Å². The van der Waals surface area contributed by atoms with Gasteiger partial charge in [0, 0.05) is 36.6 Å². The number of nitrogens with one attached hydrogen (secondary N) is 1. The average molecular weight is 479 g/mol. The van der Waals surface area contributed by atoms with Gasteiger partial charge in [-0.25, -0.2) is 9.18 Å². The molecule has 7 nitrogen and oxygen atoms in total. The number of likely N-dealkylation sites (tertiary alicyclic amines) is 1. The Morgan fingerprint density at radius 1 is 1.00 bits per heavy atom. The summed E-state index contributed by atoms with van der Waals surface area (Å²) in [6.45, 7) is 0.455. The molecule has 2 heterocycles. The number of nitrogens with zero attached hydrogens (tertiary/aromatic N) is 3. The monoisotopic (exact) mass is 478 g/mol. The Bertz CT molecular complexity index is 1130. The highest BCUT2D eigenvalue weighted by Gasteiger charge is 2.48. The molecule has 2 aromatic rings. The van der Waals surface area contributed by atoms with Gasteiger partial charge in [-0.1, -0.05) is 43.5 Å². The van der Waals surface area contributed by atoms with E-state index in [0.717, 1.165) is 43.4 Å². The van der Waals surface area contributed by atoms with E-state index in [1.807, 2.05) is 29.2 Å². The van der Waals surface area contributed by atoms with Crippen LogP contribution in [0.5, 0.6) is 0 Å². The lowest BCUT2D eigenvalue weighted by molar-refractivity contribution is -0.126. The Morgan fingerprint density at radius 3 is 2.51 bits per heavy atom. The van der Waals surface area contributed by atoms with E-state index in [1.54, 1.807) is 12.1 Å². The van der Waals surface area contributed by atoms with Crippen molar-refractivity contribution in [3.63, 3.8) is 0 Å². The predicted molar refractivity (Wildman–Crippen MR) is 132 cm³/mol. The topological polar surface area (TPSA) is 73.0 Å². The number of amides is 4. The zero-order valence-corrected chi connectivity index (χ0v) is 20.0. The molecule has 1 saturated heterocycles. The first-order chi connectivity index (χ1) is 17.0. The molecule has 1 N–H and O–H groups in total. The van der Waals surface area contributed by atoms with Crippen LogP contribution in [0, 0.1) is 5.82 Å². The molecule has 3 aliphatic rings. The molecule has 0 unspecified atom stereocenters. The highest BCUT2D eigenvalue weighted by atomic mass is 19.1. The number of benzene rings is 2. The molecule has 2 fully saturated rings. The summed E-state index contributed by atoms with van der Waals surface area (Å²) >= 11 is 0. The summed E-state index contributed by atoms with van der Waals surface area (Å²) < 4.78 is 14.4. The van der Waals surface area contributed by atoms with E-state index in [4.69, 9.17) is 0 Å². The minimum Gasteiger partial charge on any atom is -0.341 e. The number of carbonyl (C=O) groups is 3. The van der Waals surface area contributed by atoms with Gasteiger partial charge in [-0.3, -0.25) is 14.5 Å². The van der Waals surface area contributed by atoms with Crippen LogP contribution in [0.1, 0.15) is 56.6 Å². The molecule has 0 aromatic heterocycles. The smallest absolute Gasteiger partial charge is 0.317 e. The Morgan fingerprint density at radius 2 is 1.77 bits per heavy atom. The molecule has 184 valence electrons. The Labute approximate surface area is 204 Å². The zero-order chi connectivity index (χ0) is 24.5. The molecule has 0 radical (unpaired) electrons. The second kappa shape index (κ2) is 9.68. The third-order valence-corrected chi connectivity index (χ3v) is 7.50. The van der Waals surface area contributed by atoms with Crippen LogP contribution in [0.2, 0.25) is 0 Å². The number of para-hydroxylation sites is 1. The normalized spacial score (nSPS) is 22.3. The standard InChI is InChI=1S/C27H31FN4O3/c1-29-27(35)30-16-8-15-23(30)25(33)32(20-12-7-9-18(28)17-20)24-21-13-5-6-14-22(21)31(26(24)34)19-10-3-2-4-11-19/h5-7,9,12-14,17,19,23-24H,2-4,8,10-11,15-16H2,1H3,(H,29,35)/t23-,24+/m1/s1. The molecule has 1 saturated carbocycles. The van der Waals surface area contributed by atoms with Gasteiger partial charge in [0.15, 0.2) is 0 Å². The second-order valence-corrected chi connectivity index (χ2v) is 9.56. The van der Waals surface area contributed by atoms with Crippen LogP contribution in [0.4, 0.5) is 20.6 Å². The molecular formula is C27H31FN4O3. The third-order valence-electron chi connectivity index (χ3n) is 7.50. The maximum atomic E-state index is 14.4. The summed E-state index contributed by atoms with van der Waals surface area (Å²) in [5.74, 6) is -1.02. The number of fused-ring (bicyclic) bond motifs is 1. The van der Waals surface area contributed by atoms with Gasteiger partial charge in [-0.2, -0.15) is 0 Å². The Balaban J connectivity index is 1.59. The first kappa shape index (κ1) is 23.3. The van der Waals surface area contributed by atoms with Crippen LogP contribution < -0.4 is 15.1 Å². The fourth-order valence-electron chi connectivity index (χ4n) is 5.89. The molecule has 5 rings (SSSR count). The zero-order valence-electron chi connectivity index (χ0n) is 20.0. The van der Waals surface area contributed by atoms with Gasteiger partial charge < -0.3 is 15.1 Å². The molecular weight excluding hydrogens is 447 g/mol. The predicted octanol–water partition coefficient (Wildman–Crippen LogP) is 4.38. The van der Waals surface area contributed by atoms with Crippen molar-refractivity contribution in [1.29, 1.82) is 0 Å². The SMILES string of the molecule is CNC(=O)N1CCC[C@@H]1C(=O)N(c1cccc(F)c1)[C@@H]1C(=O)N(C2CCCCC2)c2ccccc21. The minimum absolute atomic E-state index is 0.0840. The van der Waals surface area contributed by atoms with Crippen LogP contribution >= 0.6 is 0 Å². The lowest BCUT2D eigenvalue weighted by Gasteiger charge is -2.35. The van der Waals surface area contributed by atoms with E-state index < -0.39 is 17.9 Å². The molecule has 2 aliphatic heterocycles.